The van der Waals surface area contributed by atoms with E-state index in [2.05, 4.69) is 31.3 Å². The molecule has 0 aromatic heterocycles. The van der Waals surface area contributed by atoms with Crippen molar-refractivity contribution in [1.29, 1.82) is 0 Å². The van der Waals surface area contributed by atoms with Gasteiger partial charge in [-0.2, -0.15) is 0 Å². The van der Waals surface area contributed by atoms with Crippen molar-refractivity contribution in [2.45, 2.75) is 52.2 Å². The molecule has 0 saturated heterocycles. The van der Waals surface area contributed by atoms with Gasteiger partial charge in [-0.05, 0) is 45.4 Å². The molecular formula is C17H29N3O. The third-order valence-electron chi connectivity index (χ3n) is 3.70. The zero-order valence-electron chi connectivity index (χ0n) is 13.9. The molecule has 0 radical (unpaired) electrons. The summed E-state index contributed by atoms with van der Waals surface area (Å²) in [6.45, 7) is 8.46. The fourth-order valence-corrected chi connectivity index (χ4v) is 2.63. The number of nitrogens with zero attached hydrogens (tertiary/aromatic N) is 1. The van der Waals surface area contributed by atoms with Crippen molar-refractivity contribution >= 4 is 5.91 Å². The molecule has 0 heterocycles. The van der Waals surface area contributed by atoms with E-state index in [9.17, 15) is 4.79 Å². The SMILES string of the molecule is CCC(N)C(c1ccccc1C)N(C)CC(=O)NC(C)C. The highest BCUT2D eigenvalue weighted by Gasteiger charge is 2.25. The molecule has 1 amide bonds. The summed E-state index contributed by atoms with van der Waals surface area (Å²) in [6, 6.07) is 8.46. The minimum Gasteiger partial charge on any atom is -0.353 e. The Bertz CT molecular complexity index is 459. The largest absolute Gasteiger partial charge is 0.353 e. The Balaban J connectivity index is 2.93. The number of carbonyl (C=O) groups excluding carboxylic acids is 1. The average Bonchev–Trinajstić information content (AvgIpc) is 2.39. The Morgan fingerprint density at radius 2 is 1.95 bits per heavy atom. The van der Waals surface area contributed by atoms with Crippen LogP contribution in [-0.4, -0.2) is 36.5 Å². The van der Waals surface area contributed by atoms with Crippen molar-refractivity contribution in [3.63, 3.8) is 0 Å². The van der Waals surface area contributed by atoms with Crippen molar-refractivity contribution < 1.29 is 4.79 Å². The fourth-order valence-electron chi connectivity index (χ4n) is 2.63. The molecule has 4 heteroatoms. The van der Waals surface area contributed by atoms with E-state index in [1.165, 1.54) is 11.1 Å². The lowest BCUT2D eigenvalue weighted by molar-refractivity contribution is -0.123. The number of rotatable bonds is 7. The molecule has 1 rings (SSSR count). The Morgan fingerprint density at radius 3 is 2.48 bits per heavy atom. The minimum absolute atomic E-state index is 0.00273. The van der Waals surface area contributed by atoms with Gasteiger partial charge in [0.1, 0.15) is 0 Å². The van der Waals surface area contributed by atoms with Crippen LogP contribution in [0.25, 0.3) is 0 Å². The number of aryl methyl sites for hydroxylation is 1. The molecule has 0 aliphatic heterocycles. The smallest absolute Gasteiger partial charge is 0.234 e. The zero-order chi connectivity index (χ0) is 16.0. The second-order valence-electron chi connectivity index (χ2n) is 6.01. The molecule has 2 unspecified atom stereocenters. The minimum atomic E-state index is 0.00273. The number of benzene rings is 1. The topological polar surface area (TPSA) is 58.4 Å². The van der Waals surface area contributed by atoms with Crippen molar-refractivity contribution in [2.75, 3.05) is 13.6 Å². The molecule has 0 aliphatic carbocycles. The van der Waals surface area contributed by atoms with E-state index >= 15 is 0 Å². The summed E-state index contributed by atoms with van der Waals surface area (Å²) >= 11 is 0. The predicted molar refractivity (Wildman–Crippen MR) is 88.1 cm³/mol. The molecule has 1 aromatic rings. The van der Waals surface area contributed by atoms with Gasteiger partial charge in [0, 0.05) is 12.1 Å². The lowest BCUT2D eigenvalue weighted by Gasteiger charge is -2.33. The van der Waals surface area contributed by atoms with Crippen molar-refractivity contribution in [1.82, 2.24) is 10.2 Å². The van der Waals surface area contributed by atoms with Gasteiger partial charge < -0.3 is 11.1 Å². The zero-order valence-corrected chi connectivity index (χ0v) is 13.9. The van der Waals surface area contributed by atoms with Crippen LogP contribution >= 0.6 is 0 Å². The first-order chi connectivity index (χ1) is 9.86. The number of hydrogen-bond donors (Lipinski definition) is 2. The third-order valence-corrected chi connectivity index (χ3v) is 3.70. The van der Waals surface area contributed by atoms with E-state index in [4.69, 9.17) is 5.73 Å². The molecular weight excluding hydrogens is 262 g/mol. The monoisotopic (exact) mass is 291 g/mol. The second-order valence-corrected chi connectivity index (χ2v) is 6.01. The Kier molecular flexibility index (Phi) is 6.85. The van der Waals surface area contributed by atoms with Crippen molar-refractivity contribution in [3.05, 3.63) is 35.4 Å². The maximum atomic E-state index is 12.0. The van der Waals surface area contributed by atoms with Gasteiger partial charge in [0.2, 0.25) is 5.91 Å². The molecule has 118 valence electrons. The number of hydrogen-bond acceptors (Lipinski definition) is 3. The van der Waals surface area contributed by atoms with Gasteiger partial charge in [-0.15, -0.1) is 0 Å². The van der Waals surface area contributed by atoms with Gasteiger partial charge in [-0.3, -0.25) is 9.69 Å². The number of amides is 1. The summed E-state index contributed by atoms with van der Waals surface area (Å²) in [5, 5.41) is 2.93. The van der Waals surface area contributed by atoms with E-state index in [1.54, 1.807) is 0 Å². The van der Waals surface area contributed by atoms with E-state index in [1.807, 2.05) is 37.9 Å². The van der Waals surface area contributed by atoms with Crippen molar-refractivity contribution in [3.8, 4) is 0 Å². The quantitative estimate of drug-likeness (QED) is 0.810. The Morgan fingerprint density at radius 1 is 1.33 bits per heavy atom. The molecule has 3 N–H and O–H groups in total. The maximum absolute atomic E-state index is 12.0. The highest BCUT2D eigenvalue weighted by molar-refractivity contribution is 5.78. The summed E-state index contributed by atoms with van der Waals surface area (Å²) in [7, 11) is 1.96. The van der Waals surface area contributed by atoms with Crippen LogP contribution in [0.3, 0.4) is 0 Å². The summed E-state index contributed by atoms with van der Waals surface area (Å²) in [5.74, 6) is 0.0365. The van der Waals surface area contributed by atoms with Gasteiger partial charge in [0.25, 0.3) is 0 Å². The van der Waals surface area contributed by atoms with Gasteiger partial charge in [0.05, 0.1) is 12.6 Å². The Labute approximate surface area is 128 Å². The van der Waals surface area contributed by atoms with Crippen LogP contribution < -0.4 is 11.1 Å². The van der Waals surface area contributed by atoms with Crippen LogP contribution in [-0.2, 0) is 4.79 Å². The third kappa shape index (κ3) is 5.14. The number of nitrogens with two attached hydrogens (primary N) is 1. The van der Waals surface area contributed by atoms with E-state index in [0.29, 0.717) is 6.54 Å². The molecule has 4 nitrogen and oxygen atoms in total. The molecule has 0 fully saturated rings. The van der Waals surface area contributed by atoms with Gasteiger partial charge >= 0.3 is 0 Å². The molecule has 21 heavy (non-hydrogen) atoms. The van der Waals surface area contributed by atoms with Crippen LogP contribution in [0.15, 0.2) is 24.3 Å². The van der Waals surface area contributed by atoms with Gasteiger partial charge in [0.15, 0.2) is 0 Å². The summed E-state index contributed by atoms with van der Waals surface area (Å²) in [4.78, 5) is 14.1. The number of nitrogens with one attached hydrogen (secondary N) is 1. The van der Waals surface area contributed by atoms with E-state index in [-0.39, 0.29) is 24.0 Å². The summed E-state index contributed by atoms with van der Waals surface area (Å²) < 4.78 is 0. The molecule has 2 atom stereocenters. The van der Waals surface area contributed by atoms with E-state index in [0.717, 1.165) is 6.42 Å². The number of likely N-dealkylation sites (N-methyl/N-ethyl adjacent to an activating group) is 1. The first-order valence-corrected chi connectivity index (χ1v) is 7.67. The second kappa shape index (κ2) is 8.15. The lowest BCUT2D eigenvalue weighted by Crippen LogP contribution is -2.45. The highest BCUT2D eigenvalue weighted by atomic mass is 16.2. The first kappa shape index (κ1) is 17.7. The van der Waals surface area contributed by atoms with Crippen molar-refractivity contribution in [2.24, 2.45) is 5.73 Å². The number of carbonyl (C=O) groups is 1. The van der Waals surface area contributed by atoms with Gasteiger partial charge in [-0.1, -0.05) is 31.2 Å². The molecule has 1 aromatic carbocycles. The van der Waals surface area contributed by atoms with Crippen LogP contribution in [0.2, 0.25) is 0 Å². The molecule has 0 aliphatic rings. The Hall–Kier alpha value is -1.39. The highest BCUT2D eigenvalue weighted by Crippen LogP contribution is 2.26. The normalized spacial score (nSPS) is 14.3. The van der Waals surface area contributed by atoms with Crippen LogP contribution in [0, 0.1) is 6.92 Å². The molecule has 0 spiro atoms. The molecule has 0 saturated carbocycles. The lowest BCUT2D eigenvalue weighted by atomic mass is 9.93. The van der Waals surface area contributed by atoms with Gasteiger partial charge in [-0.25, -0.2) is 0 Å². The fraction of sp³-hybridized carbons (Fsp3) is 0.588. The first-order valence-electron chi connectivity index (χ1n) is 7.67. The molecule has 0 bridgehead atoms. The summed E-state index contributed by atoms with van der Waals surface area (Å²) in [6.07, 6.45) is 0.870. The van der Waals surface area contributed by atoms with Crippen LogP contribution in [0.1, 0.15) is 44.4 Å². The summed E-state index contributed by atoms with van der Waals surface area (Å²) in [5.41, 5.74) is 8.73. The van der Waals surface area contributed by atoms with E-state index < -0.39 is 0 Å². The standard InChI is InChI=1S/C17H29N3O/c1-6-15(18)17(14-10-8-7-9-13(14)4)20(5)11-16(21)19-12(2)3/h7-10,12,15,17H,6,11,18H2,1-5H3,(H,19,21). The average molecular weight is 291 g/mol. The predicted octanol–water partition coefficient (Wildman–Crippen LogP) is 2.23. The maximum Gasteiger partial charge on any atom is 0.234 e. The van der Waals surface area contributed by atoms with Crippen LogP contribution in [0.4, 0.5) is 0 Å². The van der Waals surface area contributed by atoms with Crippen LogP contribution in [0.5, 0.6) is 0 Å².